The Balaban J connectivity index is 1.93. The summed E-state index contributed by atoms with van der Waals surface area (Å²) in [6.45, 7) is 7.31. The first-order chi connectivity index (χ1) is 11.1. The van der Waals surface area contributed by atoms with Crippen molar-refractivity contribution in [3.8, 4) is 11.1 Å². The summed E-state index contributed by atoms with van der Waals surface area (Å²) < 4.78 is 5.33. The van der Waals surface area contributed by atoms with E-state index in [-0.39, 0.29) is 5.97 Å². The Bertz CT molecular complexity index is 617. The molecule has 2 rings (SSSR count). The summed E-state index contributed by atoms with van der Waals surface area (Å²) >= 11 is 0. The highest BCUT2D eigenvalue weighted by Gasteiger charge is 2.08. The minimum atomic E-state index is -0.277. The molecule has 4 heteroatoms. The summed E-state index contributed by atoms with van der Waals surface area (Å²) in [5.41, 5.74) is 9.12. The molecule has 0 unspecified atom stereocenters. The topological polar surface area (TPSA) is 55.6 Å². The third-order valence-electron chi connectivity index (χ3n) is 3.90. The van der Waals surface area contributed by atoms with Crippen molar-refractivity contribution in [3.05, 3.63) is 54.1 Å². The first-order valence-corrected chi connectivity index (χ1v) is 7.99. The normalized spacial score (nSPS) is 10.7. The van der Waals surface area contributed by atoms with Crippen molar-refractivity contribution in [2.75, 3.05) is 32.0 Å². The Morgan fingerprint density at radius 3 is 2.00 bits per heavy atom. The number of ether oxygens (including phenoxy) is 1. The number of benzene rings is 2. The van der Waals surface area contributed by atoms with Crippen LogP contribution in [0.25, 0.3) is 11.1 Å². The number of esters is 1. The molecule has 0 atom stereocenters. The number of carbonyl (C=O) groups excluding carboxylic acids is 1. The van der Waals surface area contributed by atoms with Crippen LogP contribution in [0.3, 0.4) is 0 Å². The molecule has 23 heavy (non-hydrogen) atoms. The van der Waals surface area contributed by atoms with Gasteiger partial charge in [0.1, 0.15) is 6.61 Å². The molecule has 0 saturated heterocycles. The maximum absolute atomic E-state index is 12.0. The molecule has 0 amide bonds. The number of carbonyl (C=O) groups is 1. The van der Waals surface area contributed by atoms with Crippen molar-refractivity contribution < 1.29 is 9.53 Å². The average Bonchev–Trinajstić information content (AvgIpc) is 2.59. The smallest absolute Gasteiger partial charge is 0.338 e. The molecule has 0 heterocycles. The molecular formula is C19H24N2O2. The van der Waals surface area contributed by atoms with Crippen LogP contribution in [0.15, 0.2) is 48.5 Å². The highest BCUT2D eigenvalue weighted by Crippen LogP contribution is 2.21. The van der Waals surface area contributed by atoms with Crippen molar-refractivity contribution in [2.24, 2.45) is 0 Å². The molecular weight excluding hydrogens is 288 g/mol. The fourth-order valence-electron chi connectivity index (χ4n) is 2.36. The number of nitrogens with two attached hydrogens (primary N) is 1. The first kappa shape index (κ1) is 17.0. The van der Waals surface area contributed by atoms with Crippen molar-refractivity contribution in [3.63, 3.8) is 0 Å². The second kappa shape index (κ2) is 8.34. The lowest BCUT2D eigenvalue weighted by atomic mass is 10.0. The number of nitrogen functional groups attached to an aromatic ring is 1. The van der Waals surface area contributed by atoms with Gasteiger partial charge in [0.2, 0.25) is 0 Å². The molecule has 0 radical (unpaired) electrons. The van der Waals surface area contributed by atoms with Crippen LogP contribution in [0.2, 0.25) is 0 Å². The van der Waals surface area contributed by atoms with Gasteiger partial charge >= 0.3 is 5.97 Å². The Morgan fingerprint density at radius 1 is 0.957 bits per heavy atom. The van der Waals surface area contributed by atoms with Gasteiger partial charge in [-0.25, -0.2) is 4.79 Å². The summed E-state index contributed by atoms with van der Waals surface area (Å²) in [7, 11) is 0. The molecule has 0 bridgehead atoms. The summed E-state index contributed by atoms with van der Waals surface area (Å²) in [5, 5.41) is 0. The van der Waals surface area contributed by atoms with Crippen LogP contribution in [0.4, 0.5) is 5.69 Å². The Kier molecular flexibility index (Phi) is 6.18. The fraction of sp³-hybridized carbons (Fsp3) is 0.316. The largest absolute Gasteiger partial charge is 0.461 e. The predicted octanol–water partition coefficient (Wildman–Crippen LogP) is 3.43. The zero-order valence-electron chi connectivity index (χ0n) is 13.8. The molecule has 4 nitrogen and oxygen atoms in total. The van der Waals surface area contributed by atoms with Crippen LogP contribution in [-0.4, -0.2) is 37.1 Å². The maximum atomic E-state index is 12.0. The number of hydrogen-bond acceptors (Lipinski definition) is 4. The Labute approximate surface area is 137 Å². The quantitative estimate of drug-likeness (QED) is 0.628. The van der Waals surface area contributed by atoms with E-state index in [1.807, 2.05) is 36.4 Å². The van der Waals surface area contributed by atoms with Gasteiger partial charge in [-0.3, -0.25) is 0 Å². The van der Waals surface area contributed by atoms with Crippen LogP contribution in [0.1, 0.15) is 24.2 Å². The number of likely N-dealkylation sites (N-methyl/N-ethyl adjacent to an activating group) is 1. The van der Waals surface area contributed by atoms with Gasteiger partial charge in [-0.2, -0.15) is 0 Å². The highest BCUT2D eigenvalue weighted by atomic mass is 16.5. The summed E-state index contributed by atoms with van der Waals surface area (Å²) in [6, 6.07) is 15.1. The van der Waals surface area contributed by atoms with E-state index in [2.05, 4.69) is 18.7 Å². The molecule has 0 aliphatic rings. The average molecular weight is 312 g/mol. The minimum absolute atomic E-state index is 0.277. The van der Waals surface area contributed by atoms with Gasteiger partial charge in [0.15, 0.2) is 0 Å². The van der Waals surface area contributed by atoms with Crippen molar-refractivity contribution >= 4 is 11.7 Å². The number of nitrogens with zero attached hydrogens (tertiary/aromatic N) is 1. The van der Waals surface area contributed by atoms with Crippen LogP contribution in [0.5, 0.6) is 0 Å². The monoisotopic (exact) mass is 312 g/mol. The number of anilines is 1. The summed E-state index contributed by atoms with van der Waals surface area (Å²) in [6.07, 6.45) is 0. The lowest BCUT2D eigenvalue weighted by molar-refractivity contribution is 0.0466. The molecule has 0 spiro atoms. The van der Waals surface area contributed by atoms with Crippen molar-refractivity contribution in [2.45, 2.75) is 13.8 Å². The van der Waals surface area contributed by atoms with Crippen molar-refractivity contribution in [1.29, 1.82) is 0 Å². The maximum Gasteiger partial charge on any atom is 0.338 e. The standard InChI is InChI=1S/C19H24N2O2/c1-3-21(4-2)13-14-23-19(22)17-7-5-15(6-8-17)16-9-11-18(20)12-10-16/h5-12H,3-4,13-14,20H2,1-2H3. The van der Waals surface area contributed by atoms with Crippen LogP contribution in [0, 0.1) is 0 Å². The third kappa shape index (κ3) is 4.83. The van der Waals surface area contributed by atoms with E-state index in [1.54, 1.807) is 12.1 Å². The van der Waals surface area contributed by atoms with E-state index in [0.717, 1.165) is 36.4 Å². The van der Waals surface area contributed by atoms with E-state index in [9.17, 15) is 4.79 Å². The zero-order chi connectivity index (χ0) is 16.7. The van der Waals surface area contributed by atoms with Crippen molar-refractivity contribution in [1.82, 2.24) is 4.90 Å². The third-order valence-corrected chi connectivity index (χ3v) is 3.90. The molecule has 0 aliphatic heterocycles. The van der Waals surface area contributed by atoms with Crippen LogP contribution < -0.4 is 5.73 Å². The van der Waals surface area contributed by atoms with Gasteiger partial charge in [-0.05, 0) is 48.5 Å². The molecule has 2 N–H and O–H groups in total. The lowest BCUT2D eigenvalue weighted by Crippen LogP contribution is -2.27. The van der Waals surface area contributed by atoms with E-state index in [1.165, 1.54) is 0 Å². The minimum Gasteiger partial charge on any atom is -0.461 e. The van der Waals surface area contributed by atoms with Gasteiger partial charge in [0.25, 0.3) is 0 Å². The van der Waals surface area contributed by atoms with Gasteiger partial charge in [-0.1, -0.05) is 38.1 Å². The van der Waals surface area contributed by atoms with Crippen LogP contribution >= 0.6 is 0 Å². The summed E-state index contributed by atoms with van der Waals surface area (Å²) in [4.78, 5) is 14.3. The Morgan fingerprint density at radius 2 is 1.48 bits per heavy atom. The second-order valence-electron chi connectivity index (χ2n) is 5.36. The van der Waals surface area contributed by atoms with Gasteiger partial charge in [0, 0.05) is 12.2 Å². The second-order valence-corrected chi connectivity index (χ2v) is 5.36. The van der Waals surface area contributed by atoms with E-state index < -0.39 is 0 Å². The molecule has 0 fully saturated rings. The highest BCUT2D eigenvalue weighted by molar-refractivity contribution is 5.90. The van der Waals surface area contributed by atoms with Crippen LogP contribution in [-0.2, 0) is 4.74 Å². The van der Waals surface area contributed by atoms with E-state index in [0.29, 0.717) is 12.2 Å². The first-order valence-electron chi connectivity index (χ1n) is 7.99. The Hall–Kier alpha value is -2.33. The van der Waals surface area contributed by atoms with Gasteiger partial charge in [-0.15, -0.1) is 0 Å². The molecule has 2 aromatic carbocycles. The fourth-order valence-corrected chi connectivity index (χ4v) is 2.36. The zero-order valence-corrected chi connectivity index (χ0v) is 13.8. The van der Waals surface area contributed by atoms with Gasteiger partial charge < -0.3 is 15.4 Å². The van der Waals surface area contributed by atoms with E-state index >= 15 is 0 Å². The lowest BCUT2D eigenvalue weighted by Gasteiger charge is -2.17. The molecule has 2 aromatic rings. The number of hydrogen-bond donors (Lipinski definition) is 1. The molecule has 0 saturated carbocycles. The predicted molar refractivity (Wildman–Crippen MR) is 94.4 cm³/mol. The molecule has 122 valence electrons. The molecule has 0 aromatic heterocycles. The van der Waals surface area contributed by atoms with E-state index in [4.69, 9.17) is 10.5 Å². The summed E-state index contributed by atoms with van der Waals surface area (Å²) in [5.74, 6) is -0.277. The molecule has 0 aliphatic carbocycles. The van der Waals surface area contributed by atoms with Gasteiger partial charge in [0.05, 0.1) is 5.56 Å². The number of rotatable bonds is 7. The SMILES string of the molecule is CCN(CC)CCOC(=O)c1ccc(-c2ccc(N)cc2)cc1.